The lowest BCUT2D eigenvalue weighted by atomic mass is 9.77. The Balaban J connectivity index is 1.19. The summed E-state index contributed by atoms with van der Waals surface area (Å²) in [6.45, 7) is 4.57. The Kier molecular flexibility index (Phi) is 4.60. The Hall–Kier alpha value is -1.98. The van der Waals surface area contributed by atoms with Crippen LogP contribution in [0.15, 0.2) is 42.5 Å². The number of hydrogen-bond donors (Lipinski definition) is 0. The lowest BCUT2D eigenvalue weighted by molar-refractivity contribution is -0.0777. The van der Waals surface area contributed by atoms with Gasteiger partial charge in [-0.2, -0.15) is 0 Å². The van der Waals surface area contributed by atoms with Gasteiger partial charge in [-0.05, 0) is 73.2 Å². The van der Waals surface area contributed by atoms with E-state index in [0.717, 1.165) is 63.1 Å². The third-order valence-electron chi connectivity index (χ3n) is 6.85. The SMILES string of the molecule is Fc1ccc(N2CCN(C3CCC4(CC3)OCc3cc(F)ccc34)CC2)cc1. The smallest absolute Gasteiger partial charge is 0.123 e. The van der Waals surface area contributed by atoms with Gasteiger partial charge in [0.2, 0.25) is 0 Å². The number of hydrogen-bond acceptors (Lipinski definition) is 3. The number of anilines is 1. The molecule has 28 heavy (non-hydrogen) atoms. The molecule has 0 radical (unpaired) electrons. The van der Waals surface area contributed by atoms with Gasteiger partial charge in [0.15, 0.2) is 0 Å². The van der Waals surface area contributed by atoms with Crippen molar-refractivity contribution < 1.29 is 13.5 Å². The van der Waals surface area contributed by atoms with Gasteiger partial charge in [0.05, 0.1) is 12.2 Å². The third-order valence-corrected chi connectivity index (χ3v) is 6.85. The van der Waals surface area contributed by atoms with Gasteiger partial charge in [-0.25, -0.2) is 8.78 Å². The Morgan fingerprint density at radius 2 is 1.54 bits per heavy atom. The molecule has 2 aromatic carbocycles. The van der Waals surface area contributed by atoms with E-state index in [0.29, 0.717) is 12.6 Å². The average molecular weight is 384 g/mol. The number of piperazine rings is 1. The largest absolute Gasteiger partial charge is 0.369 e. The summed E-state index contributed by atoms with van der Waals surface area (Å²) in [7, 11) is 0. The van der Waals surface area contributed by atoms with E-state index < -0.39 is 0 Å². The predicted molar refractivity (Wildman–Crippen MR) is 105 cm³/mol. The van der Waals surface area contributed by atoms with Crippen LogP contribution in [0.5, 0.6) is 0 Å². The van der Waals surface area contributed by atoms with Crippen LogP contribution in [0.3, 0.4) is 0 Å². The molecule has 0 bridgehead atoms. The summed E-state index contributed by atoms with van der Waals surface area (Å²) in [6, 6.07) is 12.5. The highest BCUT2D eigenvalue weighted by Gasteiger charge is 2.44. The van der Waals surface area contributed by atoms with Crippen molar-refractivity contribution in [3.05, 3.63) is 65.2 Å². The molecule has 2 aromatic rings. The van der Waals surface area contributed by atoms with Crippen molar-refractivity contribution in [3.63, 3.8) is 0 Å². The van der Waals surface area contributed by atoms with Crippen molar-refractivity contribution >= 4 is 5.69 Å². The van der Waals surface area contributed by atoms with Gasteiger partial charge in [0, 0.05) is 37.9 Å². The van der Waals surface area contributed by atoms with Crippen LogP contribution in [0.25, 0.3) is 0 Å². The van der Waals surface area contributed by atoms with Crippen molar-refractivity contribution in [3.8, 4) is 0 Å². The van der Waals surface area contributed by atoms with Crippen LogP contribution < -0.4 is 4.90 Å². The quantitative estimate of drug-likeness (QED) is 0.761. The molecule has 1 spiro atoms. The van der Waals surface area contributed by atoms with Gasteiger partial charge in [-0.1, -0.05) is 6.07 Å². The second-order valence-electron chi connectivity index (χ2n) is 8.32. The van der Waals surface area contributed by atoms with E-state index in [1.165, 1.54) is 17.7 Å². The lowest BCUT2D eigenvalue weighted by Gasteiger charge is -2.45. The molecule has 0 N–H and O–H groups in total. The molecule has 5 rings (SSSR count). The number of benzene rings is 2. The number of ether oxygens (including phenoxy) is 1. The number of rotatable bonds is 2. The first-order valence-corrected chi connectivity index (χ1v) is 10.3. The van der Waals surface area contributed by atoms with Crippen molar-refractivity contribution in [2.45, 2.75) is 43.9 Å². The first-order chi connectivity index (χ1) is 13.6. The Bertz CT molecular complexity index is 838. The van der Waals surface area contributed by atoms with Gasteiger partial charge in [-0.15, -0.1) is 0 Å². The normalized spacial score (nSPS) is 27.9. The average Bonchev–Trinajstić information content (AvgIpc) is 3.06. The standard InChI is InChI=1S/C23H26F2N2O/c24-18-1-4-20(5-2-18)26-11-13-27(14-12-26)21-7-9-23(10-8-21)22-6-3-19(25)15-17(22)16-28-23/h1-6,15,21H,7-14,16H2. The van der Waals surface area contributed by atoms with E-state index in [4.69, 9.17) is 4.74 Å². The molecule has 0 atom stereocenters. The highest BCUT2D eigenvalue weighted by molar-refractivity contribution is 5.46. The molecular formula is C23H26F2N2O. The minimum Gasteiger partial charge on any atom is -0.369 e. The van der Waals surface area contributed by atoms with Crippen molar-refractivity contribution in [2.24, 2.45) is 0 Å². The molecule has 2 aliphatic heterocycles. The maximum absolute atomic E-state index is 13.5. The zero-order valence-corrected chi connectivity index (χ0v) is 16.0. The second-order valence-corrected chi connectivity index (χ2v) is 8.32. The maximum atomic E-state index is 13.5. The molecule has 1 saturated heterocycles. The molecule has 0 amide bonds. The molecule has 1 saturated carbocycles. The van der Waals surface area contributed by atoms with Crippen LogP contribution >= 0.6 is 0 Å². The van der Waals surface area contributed by atoms with Crippen LogP contribution in [-0.2, 0) is 16.9 Å². The number of fused-ring (bicyclic) bond motifs is 2. The van der Waals surface area contributed by atoms with Crippen molar-refractivity contribution in [1.82, 2.24) is 4.90 Å². The van der Waals surface area contributed by atoms with Crippen LogP contribution in [0.4, 0.5) is 14.5 Å². The molecule has 0 unspecified atom stereocenters. The molecule has 148 valence electrons. The fraction of sp³-hybridized carbons (Fsp3) is 0.478. The van der Waals surface area contributed by atoms with Gasteiger partial charge in [-0.3, -0.25) is 4.90 Å². The summed E-state index contributed by atoms with van der Waals surface area (Å²) in [4.78, 5) is 4.94. The zero-order chi connectivity index (χ0) is 19.1. The predicted octanol–water partition coefficient (Wildman–Crippen LogP) is 4.46. The summed E-state index contributed by atoms with van der Waals surface area (Å²) in [5.41, 5.74) is 3.13. The highest BCUT2D eigenvalue weighted by atomic mass is 19.1. The Labute approximate surface area is 164 Å². The van der Waals surface area contributed by atoms with E-state index in [-0.39, 0.29) is 17.2 Å². The lowest BCUT2D eigenvalue weighted by Crippen LogP contribution is -2.52. The fourth-order valence-electron chi connectivity index (χ4n) is 5.26. The minimum absolute atomic E-state index is 0.174. The van der Waals surface area contributed by atoms with E-state index in [1.54, 1.807) is 12.1 Å². The summed E-state index contributed by atoms with van der Waals surface area (Å²) >= 11 is 0. The molecular weight excluding hydrogens is 358 g/mol. The molecule has 2 fully saturated rings. The van der Waals surface area contributed by atoms with Crippen LogP contribution in [0.2, 0.25) is 0 Å². The summed E-state index contributed by atoms with van der Waals surface area (Å²) in [6.07, 6.45) is 4.25. The monoisotopic (exact) mass is 384 g/mol. The topological polar surface area (TPSA) is 15.7 Å². The van der Waals surface area contributed by atoms with E-state index in [9.17, 15) is 8.78 Å². The van der Waals surface area contributed by atoms with Crippen molar-refractivity contribution in [1.29, 1.82) is 0 Å². The number of halogens is 2. The number of nitrogens with zero attached hydrogens (tertiary/aromatic N) is 2. The third kappa shape index (κ3) is 3.20. The Morgan fingerprint density at radius 1 is 0.857 bits per heavy atom. The van der Waals surface area contributed by atoms with Gasteiger partial charge >= 0.3 is 0 Å². The molecule has 0 aromatic heterocycles. The van der Waals surface area contributed by atoms with Gasteiger partial charge in [0.1, 0.15) is 11.6 Å². The van der Waals surface area contributed by atoms with E-state index >= 15 is 0 Å². The van der Waals surface area contributed by atoms with Crippen LogP contribution in [0, 0.1) is 11.6 Å². The molecule has 3 aliphatic rings. The first-order valence-electron chi connectivity index (χ1n) is 10.3. The summed E-state index contributed by atoms with van der Waals surface area (Å²) in [5.74, 6) is -0.357. The first kappa shape index (κ1) is 18.1. The van der Waals surface area contributed by atoms with Crippen LogP contribution in [-0.4, -0.2) is 37.1 Å². The summed E-state index contributed by atoms with van der Waals surface area (Å²) < 4.78 is 32.9. The molecule has 1 aliphatic carbocycles. The summed E-state index contributed by atoms with van der Waals surface area (Å²) in [5, 5.41) is 0. The molecule has 3 nitrogen and oxygen atoms in total. The molecule has 5 heteroatoms. The van der Waals surface area contributed by atoms with Gasteiger partial charge < -0.3 is 9.64 Å². The van der Waals surface area contributed by atoms with Crippen molar-refractivity contribution in [2.75, 3.05) is 31.1 Å². The van der Waals surface area contributed by atoms with Gasteiger partial charge in [0.25, 0.3) is 0 Å². The fourth-order valence-corrected chi connectivity index (χ4v) is 5.26. The van der Waals surface area contributed by atoms with E-state index in [1.807, 2.05) is 18.2 Å². The maximum Gasteiger partial charge on any atom is 0.123 e. The van der Waals surface area contributed by atoms with E-state index in [2.05, 4.69) is 9.80 Å². The zero-order valence-electron chi connectivity index (χ0n) is 16.0. The van der Waals surface area contributed by atoms with Crippen LogP contribution in [0.1, 0.15) is 36.8 Å². The molecule has 2 heterocycles. The highest BCUT2D eigenvalue weighted by Crippen LogP contribution is 2.47. The minimum atomic E-state index is -0.199. The second kappa shape index (κ2) is 7.12. The Morgan fingerprint density at radius 3 is 2.25 bits per heavy atom.